The van der Waals surface area contributed by atoms with Gasteiger partial charge in [0, 0.05) is 29.3 Å². The van der Waals surface area contributed by atoms with Gasteiger partial charge in [0.1, 0.15) is 16.5 Å². The first-order valence-corrected chi connectivity index (χ1v) is 14.2. The fourth-order valence-electron chi connectivity index (χ4n) is 3.43. The van der Waals surface area contributed by atoms with Gasteiger partial charge in [-0.2, -0.15) is 6.07 Å². The number of rotatable bonds is 3. The summed E-state index contributed by atoms with van der Waals surface area (Å²) in [5.41, 5.74) is 3.73. The minimum atomic E-state index is -1.10. The molecule has 11 heteroatoms. The maximum absolute atomic E-state index is 11.4. The summed E-state index contributed by atoms with van der Waals surface area (Å²) in [6, 6.07) is 6.68. The van der Waals surface area contributed by atoms with Crippen molar-refractivity contribution in [2.75, 3.05) is 18.6 Å². The molecule has 7 nitrogen and oxygen atoms in total. The number of aliphatic hydroxyl groups is 1. The van der Waals surface area contributed by atoms with Crippen LogP contribution < -0.4 is 4.74 Å². The molecule has 0 unspecified atom stereocenters. The number of hydrogen-bond acceptors (Lipinski definition) is 7. The van der Waals surface area contributed by atoms with Crippen LogP contribution in [0.5, 0.6) is 5.75 Å². The first-order valence-electron chi connectivity index (χ1n) is 11.4. The molecule has 3 aromatic rings. The van der Waals surface area contributed by atoms with Crippen LogP contribution in [0.3, 0.4) is 0 Å². The molecule has 0 bridgehead atoms. The third kappa shape index (κ3) is 8.46. The van der Waals surface area contributed by atoms with Gasteiger partial charge in [-0.1, -0.05) is 35.0 Å². The minimum Gasteiger partial charge on any atom is -0.496 e. The number of nitrogens with zero attached hydrogens (tertiary/aromatic N) is 3. The standard InChI is InChI=1S/C20H17ClNO4S.C7H5N2S.Ni/c1-26-18-12-22-19(21)11-17(18)16-10-14(2-3-15(16)13-23)4-5-20(24)6-8-27(25)9-7-20;1-2-6(1)3-4-7-9-8-5-10-7;/h2-3,10-12,24H,6-9H2,1H3;6H,1-2H2;/q2*-1;+2/p+1. The number of hydrogen-bond donors (Lipinski definition) is 1. The Hall–Kier alpha value is -2.59. The summed E-state index contributed by atoms with van der Waals surface area (Å²) in [5, 5.41) is 18.9. The van der Waals surface area contributed by atoms with E-state index in [0.29, 0.717) is 58.3 Å². The molecule has 0 atom stereocenters. The van der Waals surface area contributed by atoms with Crippen molar-refractivity contribution in [1.82, 2.24) is 15.2 Å². The second kappa shape index (κ2) is 14.0. The Balaban J connectivity index is 0.000000303. The van der Waals surface area contributed by atoms with Crippen LogP contribution in [0.1, 0.15) is 41.8 Å². The molecule has 0 radical (unpaired) electrons. The van der Waals surface area contributed by atoms with Crippen LogP contribution in [0, 0.1) is 35.1 Å². The van der Waals surface area contributed by atoms with E-state index in [2.05, 4.69) is 44.4 Å². The zero-order valence-corrected chi connectivity index (χ0v) is 23.6. The molecule has 1 aromatic carbocycles. The Labute approximate surface area is 243 Å². The smallest absolute Gasteiger partial charge is 0.496 e. The molecule has 3 heterocycles. The van der Waals surface area contributed by atoms with Gasteiger partial charge in [0.15, 0.2) is 10.8 Å². The molecular weight excluding hydrogens is 589 g/mol. The van der Waals surface area contributed by atoms with Crippen LogP contribution in [0.2, 0.25) is 5.15 Å². The number of aromatic nitrogens is 3. The number of carbonyl (C=O) groups excluding carboxylic acids is 1. The van der Waals surface area contributed by atoms with Crippen molar-refractivity contribution in [2.45, 2.75) is 31.3 Å². The summed E-state index contributed by atoms with van der Waals surface area (Å²) in [6.45, 7) is 0. The van der Waals surface area contributed by atoms with Crippen molar-refractivity contribution < 1.29 is 35.3 Å². The summed E-state index contributed by atoms with van der Waals surface area (Å²) in [4.78, 5) is 15.4. The van der Waals surface area contributed by atoms with E-state index >= 15 is 0 Å². The van der Waals surface area contributed by atoms with Gasteiger partial charge in [0.25, 0.3) is 0 Å². The number of methoxy groups -OCH3 is 1. The van der Waals surface area contributed by atoms with Crippen LogP contribution >= 0.6 is 22.9 Å². The van der Waals surface area contributed by atoms with Crippen molar-refractivity contribution in [3.63, 3.8) is 0 Å². The molecule has 1 saturated heterocycles. The Morgan fingerprint density at radius 1 is 1.26 bits per heavy atom. The number of benzene rings is 1. The SMILES string of the molecule is C(#CC1CC1)c1nn[c-]s1.COc1cnc(Cl)cc1-c1cc(C#CC2(O)CCS(=[OH+])CC2)ccc1[C-]=O.[Ni+2]. The molecule has 0 spiro atoms. The molecule has 2 N–H and O–H groups in total. The van der Waals surface area contributed by atoms with Gasteiger partial charge in [0.05, 0.1) is 31.1 Å². The third-order valence-corrected chi connectivity index (χ3v) is 7.81. The molecule has 198 valence electrons. The summed E-state index contributed by atoms with van der Waals surface area (Å²) in [5.74, 6) is 14.2. The average molecular weight is 612 g/mol. The quantitative estimate of drug-likeness (QED) is 0.159. The molecule has 1 aliphatic carbocycles. The Kier molecular flexibility index (Phi) is 11.0. The average Bonchev–Trinajstić information content (AvgIpc) is 3.60. The Morgan fingerprint density at radius 2 is 2.03 bits per heavy atom. The molecule has 2 aliphatic rings. The Morgan fingerprint density at radius 3 is 2.66 bits per heavy atom. The monoisotopic (exact) mass is 610 g/mol. The molecule has 38 heavy (non-hydrogen) atoms. The van der Waals surface area contributed by atoms with E-state index in [1.165, 1.54) is 37.5 Å². The normalized spacial score (nSPS) is 19.7. The van der Waals surface area contributed by atoms with E-state index < -0.39 is 16.4 Å². The van der Waals surface area contributed by atoms with E-state index in [1.807, 2.05) is 6.29 Å². The molecule has 2 aromatic heterocycles. The van der Waals surface area contributed by atoms with E-state index in [-0.39, 0.29) is 21.6 Å². The van der Waals surface area contributed by atoms with Crippen LogP contribution in [-0.4, -0.2) is 55.0 Å². The summed E-state index contributed by atoms with van der Waals surface area (Å²) in [7, 11) is 0.883. The van der Waals surface area contributed by atoms with Crippen LogP contribution in [0.4, 0.5) is 0 Å². The first-order chi connectivity index (χ1) is 17.9. The largest absolute Gasteiger partial charge is 2.00 e. The zero-order valence-electron chi connectivity index (χ0n) is 20.3. The molecule has 1 saturated carbocycles. The van der Waals surface area contributed by atoms with Crippen molar-refractivity contribution in [3.8, 4) is 40.6 Å². The Bertz CT molecular complexity index is 1410. The molecule has 1 aliphatic heterocycles. The van der Waals surface area contributed by atoms with Gasteiger partial charge in [-0.25, -0.2) is 10.1 Å². The van der Waals surface area contributed by atoms with E-state index in [9.17, 15) is 14.1 Å². The number of ether oxygens (including phenoxy) is 1. The second-order valence-electron chi connectivity index (χ2n) is 8.46. The fraction of sp³-hybridized carbons (Fsp3) is 0.333. The van der Waals surface area contributed by atoms with Crippen LogP contribution in [-0.2, 0) is 32.1 Å². The summed E-state index contributed by atoms with van der Waals surface area (Å²) < 4.78 is 14.9. The third-order valence-electron chi connectivity index (χ3n) is 5.70. The van der Waals surface area contributed by atoms with Gasteiger partial charge in [0.2, 0.25) is 0 Å². The van der Waals surface area contributed by atoms with Crippen molar-refractivity contribution in [1.29, 1.82) is 0 Å². The summed E-state index contributed by atoms with van der Waals surface area (Å²) >= 11 is 7.38. The first kappa shape index (κ1) is 30.0. The predicted molar refractivity (Wildman–Crippen MR) is 144 cm³/mol. The van der Waals surface area contributed by atoms with Gasteiger partial charge in [-0.3, -0.25) is 9.31 Å². The van der Waals surface area contributed by atoms with Crippen LogP contribution in [0.15, 0.2) is 30.5 Å². The van der Waals surface area contributed by atoms with Crippen molar-refractivity contribution in [2.24, 2.45) is 5.92 Å². The van der Waals surface area contributed by atoms with Crippen molar-refractivity contribution >= 4 is 40.0 Å². The second-order valence-corrected chi connectivity index (χ2v) is 11.4. The molecule has 5 rings (SSSR count). The van der Waals surface area contributed by atoms with Gasteiger partial charge < -0.3 is 26.0 Å². The number of pyridine rings is 1. The summed E-state index contributed by atoms with van der Waals surface area (Å²) in [6.07, 6.45) is 6.81. The molecular formula is C27H23ClN3NiO4S2+. The van der Waals surface area contributed by atoms with Gasteiger partial charge in [-0.05, 0) is 24.5 Å². The van der Waals surface area contributed by atoms with E-state index in [0.717, 1.165) is 5.01 Å². The van der Waals surface area contributed by atoms with Gasteiger partial charge in [-0.15, -0.1) is 29.0 Å². The number of halogens is 1. The van der Waals surface area contributed by atoms with Gasteiger partial charge >= 0.3 is 16.5 Å². The molecule has 2 fully saturated rings. The molecule has 0 amide bonds. The topological polar surface area (TPSA) is 107 Å². The van der Waals surface area contributed by atoms with E-state index in [4.69, 9.17) is 16.3 Å². The maximum Gasteiger partial charge on any atom is 2.00 e. The predicted octanol–water partition coefficient (Wildman–Crippen LogP) is 3.75. The maximum atomic E-state index is 11.4. The van der Waals surface area contributed by atoms with E-state index in [1.54, 1.807) is 24.3 Å². The van der Waals surface area contributed by atoms with Crippen LogP contribution in [0.25, 0.3) is 11.1 Å². The fourth-order valence-corrected chi connectivity index (χ4v) is 5.30. The zero-order chi connectivity index (χ0) is 26.3. The van der Waals surface area contributed by atoms with Crippen molar-refractivity contribution in [3.05, 3.63) is 57.3 Å². The minimum absolute atomic E-state index is 0.